The molecule has 1 aromatic heterocycles. The Morgan fingerprint density at radius 2 is 1.81 bits per heavy atom. The van der Waals surface area contributed by atoms with Crippen LogP contribution in [0.4, 0.5) is 5.69 Å². The summed E-state index contributed by atoms with van der Waals surface area (Å²) in [5.74, 6) is -0.0395. The summed E-state index contributed by atoms with van der Waals surface area (Å²) in [6.45, 7) is 7.82. The molecule has 0 bridgehead atoms. The molecule has 1 unspecified atom stereocenters. The Balaban J connectivity index is 1.44. The molecule has 0 saturated carbocycles. The highest BCUT2D eigenvalue weighted by molar-refractivity contribution is 7.90. The van der Waals surface area contributed by atoms with E-state index in [0.717, 1.165) is 12.2 Å². The lowest BCUT2D eigenvalue weighted by Gasteiger charge is -2.41. The predicted molar refractivity (Wildman–Crippen MR) is 125 cm³/mol. The molecule has 4 rings (SSSR count). The number of hydrogen-bond acceptors (Lipinski definition) is 5. The Morgan fingerprint density at radius 3 is 2.53 bits per heavy atom. The average Bonchev–Trinajstić information content (AvgIpc) is 3.21. The molecule has 168 valence electrons. The molecule has 0 radical (unpaired) electrons. The van der Waals surface area contributed by atoms with E-state index in [4.69, 9.17) is 4.42 Å². The summed E-state index contributed by atoms with van der Waals surface area (Å²) in [6.07, 6.45) is 0. The van der Waals surface area contributed by atoms with Crippen LogP contribution in [0.15, 0.2) is 70.0 Å². The number of anilines is 1. The van der Waals surface area contributed by atoms with Crippen molar-refractivity contribution in [2.75, 3.05) is 24.5 Å². The monoisotopic (exact) mass is 452 g/mol. The normalized spacial score (nSPS) is 16.9. The molecule has 3 aromatic rings. The van der Waals surface area contributed by atoms with Crippen LogP contribution in [0.1, 0.15) is 34.4 Å². The molecule has 32 heavy (non-hydrogen) atoms. The second-order valence-electron chi connectivity index (χ2n) is 8.42. The molecule has 2 aromatic carbocycles. The average molecular weight is 453 g/mol. The molecule has 1 aliphatic rings. The molecule has 0 aliphatic carbocycles. The molecular weight excluding hydrogens is 424 g/mol. The molecule has 6 nitrogen and oxygen atoms in total. The minimum absolute atomic E-state index is 0.158. The van der Waals surface area contributed by atoms with Crippen LogP contribution in [-0.2, 0) is 15.6 Å². The van der Waals surface area contributed by atoms with Gasteiger partial charge in [-0.15, -0.1) is 0 Å². The van der Waals surface area contributed by atoms with Gasteiger partial charge in [0.1, 0.15) is 11.5 Å². The van der Waals surface area contributed by atoms with E-state index in [0.29, 0.717) is 18.7 Å². The highest BCUT2D eigenvalue weighted by Gasteiger charge is 2.29. The first-order chi connectivity index (χ1) is 15.2. The van der Waals surface area contributed by atoms with Crippen molar-refractivity contribution in [1.29, 1.82) is 0 Å². The molecule has 2 heterocycles. The number of carbonyl (C=O) groups excluding carboxylic acids is 1. The van der Waals surface area contributed by atoms with Gasteiger partial charge >= 0.3 is 0 Å². The van der Waals surface area contributed by atoms with E-state index < -0.39 is 9.84 Å². The van der Waals surface area contributed by atoms with Crippen molar-refractivity contribution in [1.82, 2.24) is 4.90 Å². The molecule has 0 N–H and O–H groups in total. The van der Waals surface area contributed by atoms with Crippen molar-refractivity contribution >= 4 is 21.4 Å². The van der Waals surface area contributed by atoms with Crippen LogP contribution in [0.25, 0.3) is 0 Å². The number of furan rings is 1. The van der Waals surface area contributed by atoms with Crippen molar-refractivity contribution in [3.05, 3.63) is 83.3 Å². The van der Waals surface area contributed by atoms with Crippen molar-refractivity contribution in [2.24, 2.45) is 0 Å². The van der Waals surface area contributed by atoms with E-state index in [1.807, 2.05) is 6.07 Å². The van der Waals surface area contributed by atoms with Crippen LogP contribution in [-0.4, -0.2) is 44.9 Å². The van der Waals surface area contributed by atoms with Crippen molar-refractivity contribution in [3.63, 3.8) is 0 Å². The first-order valence-corrected chi connectivity index (χ1v) is 12.4. The second-order valence-corrected chi connectivity index (χ2v) is 10.4. The van der Waals surface area contributed by atoms with Gasteiger partial charge in [0, 0.05) is 31.4 Å². The van der Waals surface area contributed by atoms with E-state index in [1.54, 1.807) is 48.2 Å². The quantitative estimate of drug-likeness (QED) is 0.580. The molecule has 1 fully saturated rings. The van der Waals surface area contributed by atoms with Gasteiger partial charge in [-0.1, -0.05) is 30.3 Å². The maximum Gasteiger partial charge on any atom is 0.289 e. The smallest absolute Gasteiger partial charge is 0.289 e. The third-order valence-corrected chi connectivity index (χ3v) is 7.67. The summed E-state index contributed by atoms with van der Waals surface area (Å²) in [5.41, 5.74) is 3.05. The maximum absolute atomic E-state index is 13.0. The van der Waals surface area contributed by atoms with Crippen LogP contribution in [0, 0.1) is 13.8 Å². The maximum atomic E-state index is 13.0. The molecule has 0 spiro atoms. The SMILES string of the molecule is Cc1cccc(N2CCN(C(=O)c3ccc(CS(=O)(=O)c4ccccc4C)o3)CC2C)c1. The van der Waals surface area contributed by atoms with Crippen LogP contribution in [0.3, 0.4) is 0 Å². The zero-order valence-electron chi connectivity index (χ0n) is 18.6. The van der Waals surface area contributed by atoms with Gasteiger partial charge in [-0.05, 0) is 62.2 Å². The van der Waals surface area contributed by atoms with Gasteiger partial charge in [0.2, 0.25) is 0 Å². The number of hydrogen-bond donors (Lipinski definition) is 0. The Labute approximate surface area is 189 Å². The Bertz CT molecular complexity index is 1230. The summed E-state index contributed by atoms with van der Waals surface area (Å²) in [7, 11) is -3.56. The Hall–Kier alpha value is -3.06. The summed E-state index contributed by atoms with van der Waals surface area (Å²) >= 11 is 0. The molecule has 1 amide bonds. The fourth-order valence-corrected chi connectivity index (χ4v) is 5.76. The molecule has 7 heteroatoms. The van der Waals surface area contributed by atoms with Gasteiger partial charge in [-0.25, -0.2) is 8.42 Å². The number of amides is 1. The van der Waals surface area contributed by atoms with Gasteiger partial charge in [0.25, 0.3) is 5.91 Å². The number of benzene rings is 2. The summed E-state index contributed by atoms with van der Waals surface area (Å²) < 4.78 is 31.2. The molecule has 1 saturated heterocycles. The van der Waals surface area contributed by atoms with Gasteiger partial charge in [-0.3, -0.25) is 4.79 Å². The number of rotatable bonds is 5. The number of sulfone groups is 1. The zero-order valence-corrected chi connectivity index (χ0v) is 19.4. The number of piperazine rings is 1. The number of nitrogens with zero attached hydrogens (tertiary/aromatic N) is 2. The lowest BCUT2D eigenvalue weighted by Crippen LogP contribution is -2.53. The minimum atomic E-state index is -3.56. The van der Waals surface area contributed by atoms with Crippen LogP contribution >= 0.6 is 0 Å². The van der Waals surface area contributed by atoms with E-state index in [-0.39, 0.29) is 34.1 Å². The first-order valence-electron chi connectivity index (χ1n) is 10.7. The zero-order chi connectivity index (χ0) is 22.9. The third kappa shape index (κ3) is 4.58. The lowest BCUT2D eigenvalue weighted by molar-refractivity contribution is 0.0692. The van der Waals surface area contributed by atoms with E-state index in [1.165, 1.54) is 5.56 Å². The van der Waals surface area contributed by atoms with E-state index in [2.05, 4.69) is 36.9 Å². The fraction of sp³-hybridized carbons (Fsp3) is 0.320. The topological polar surface area (TPSA) is 70.8 Å². The van der Waals surface area contributed by atoms with Crippen LogP contribution in [0.5, 0.6) is 0 Å². The van der Waals surface area contributed by atoms with Crippen molar-refractivity contribution in [3.8, 4) is 0 Å². The molecular formula is C25H28N2O4S. The largest absolute Gasteiger partial charge is 0.455 e. The summed E-state index contributed by atoms with van der Waals surface area (Å²) in [6, 6.07) is 18.5. The lowest BCUT2D eigenvalue weighted by atomic mass is 10.1. The minimum Gasteiger partial charge on any atom is -0.455 e. The first kappa shape index (κ1) is 22.1. The van der Waals surface area contributed by atoms with Gasteiger partial charge in [0.05, 0.1) is 4.90 Å². The van der Waals surface area contributed by atoms with Gasteiger partial charge < -0.3 is 14.2 Å². The van der Waals surface area contributed by atoms with Crippen molar-refractivity contribution in [2.45, 2.75) is 37.5 Å². The fourth-order valence-electron chi connectivity index (χ4n) is 4.23. The van der Waals surface area contributed by atoms with Gasteiger partial charge in [-0.2, -0.15) is 0 Å². The molecule has 1 atom stereocenters. The Morgan fingerprint density at radius 1 is 1.03 bits per heavy atom. The highest BCUT2D eigenvalue weighted by atomic mass is 32.2. The summed E-state index contributed by atoms with van der Waals surface area (Å²) in [4.78, 5) is 17.4. The van der Waals surface area contributed by atoms with Crippen LogP contribution in [0.2, 0.25) is 0 Å². The Kier molecular flexibility index (Phi) is 6.11. The van der Waals surface area contributed by atoms with Crippen LogP contribution < -0.4 is 4.90 Å². The third-order valence-electron chi connectivity index (χ3n) is 5.88. The standard InChI is InChI=1S/C25H28N2O4S/c1-18-7-6-9-21(15-18)27-14-13-26(16-20(27)3)25(28)23-12-11-22(31-23)17-32(29,30)24-10-5-4-8-19(24)2/h4-12,15,20H,13-14,16-17H2,1-3H3. The summed E-state index contributed by atoms with van der Waals surface area (Å²) in [5, 5.41) is 0. The number of aryl methyl sites for hydroxylation is 2. The highest BCUT2D eigenvalue weighted by Crippen LogP contribution is 2.24. The second kappa shape index (κ2) is 8.82. The predicted octanol–water partition coefficient (Wildman–Crippen LogP) is 4.22. The van der Waals surface area contributed by atoms with E-state index >= 15 is 0 Å². The molecule has 1 aliphatic heterocycles. The number of carbonyl (C=O) groups is 1. The van der Waals surface area contributed by atoms with E-state index in [9.17, 15) is 13.2 Å². The van der Waals surface area contributed by atoms with Crippen molar-refractivity contribution < 1.29 is 17.6 Å². The van der Waals surface area contributed by atoms with Gasteiger partial charge in [0.15, 0.2) is 15.6 Å².